The normalized spacial score (nSPS) is 20.3. The van der Waals surface area contributed by atoms with E-state index in [0.29, 0.717) is 18.3 Å². The molecule has 1 N–H and O–H groups in total. The van der Waals surface area contributed by atoms with E-state index in [9.17, 15) is 5.11 Å². The predicted molar refractivity (Wildman–Crippen MR) is 114 cm³/mol. The number of rotatable bonds is 9. The molecular weight excluding hydrogens is 376 g/mol. The van der Waals surface area contributed by atoms with Gasteiger partial charge in [0.2, 0.25) is 0 Å². The van der Waals surface area contributed by atoms with E-state index in [1.54, 1.807) is 7.11 Å². The van der Waals surface area contributed by atoms with Gasteiger partial charge in [0.25, 0.3) is 0 Å². The largest absolute Gasteiger partial charge is 0.493 e. The summed E-state index contributed by atoms with van der Waals surface area (Å²) in [5.74, 6) is 3.70. The Morgan fingerprint density at radius 2 is 2.00 bits per heavy atom. The van der Waals surface area contributed by atoms with Crippen molar-refractivity contribution in [1.82, 2.24) is 9.80 Å². The molecule has 2 heterocycles. The lowest BCUT2D eigenvalue weighted by Gasteiger charge is -2.31. The van der Waals surface area contributed by atoms with Gasteiger partial charge in [-0.25, -0.2) is 0 Å². The molecule has 3 rings (SSSR count). The molecule has 0 aromatic heterocycles. The summed E-state index contributed by atoms with van der Waals surface area (Å²) in [5.41, 5.74) is 1.20. The number of benzene rings is 1. The van der Waals surface area contributed by atoms with Crippen LogP contribution in [-0.2, 0) is 11.3 Å². The second-order valence-corrected chi connectivity index (χ2v) is 8.85. The molecule has 0 radical (unpaired) electrons. The van der Waals surface area contributed by atoms with Gasteiger partial charge in [0.1, 0.15) is 12.7 Å². The van der Waals surface area contributed by atoms with Gasteiger partial charge in [-0.15, -0.1) is 0 Å². The summed E-state index contributed by atoms with van der Waals surface area (Å²) in [5, 5.41) is 10.3. The summed E-state index contributed by atoms with van der Waals surface area (Å²) in [6, 6.07) is 6.65. The minimum Gasteiger partial charge on any atom is -0.493 e. The first-order valence-corrected chi connectivity index (χ1v) is 11.4. The molecule has 0 spiro atoms. The van der Waals surface area contributed by atoms with Crippen LogP contribution in [0.4, 0.5) is 0 Å². The quantitative estimate of drug-likeness (QED) is 0.669. The third kappa shape index (κ3) is 6.52. The van der Waals surface area contributed by atoms with Crippen LogP contribution in [-0.4, -0.2) is 92.2 Å². The molecule has 0 bridgehead atoms. The number of aliphatic hydroxyl groups excluding tert-OH is 1. The van der Waals surface area contributed by atoms with E-state index < -0.39 is 6.10 Å². The van der Waals surface area contributed by atoms with Crippen molar-refractivity contribution < 1.29 is 19.3 Å². The number of hydrogen-bond acceptors (Lipinski definition) is 7. The Hall–Kier alpha value is -0.990. The fourth-order valence-corrected chi connectivity index (χ4v) is 4.77. The first-order valence-electron chi connectivity index (χ1n) is 10.2. The standard InChI is InChI=1S/C21H34N2O4S/c1-22(18-5-9-26-10-6-18)14-17-3-4-20(21(13-17)25-2)27-16-19(24)15-23-7-11-28-12-8-23/h3-4,13,18-19,24H,5-12,14-16H2,1-2H3. The lowest BCUT2D eigenvalue weighted by atomic mass is 10.1. The molecule has 2 aliphatic rings. The molecular formula is C21H34N2O4S. The Morgan fingerprint density at radius 3 is 2.71 bits per heavy atom. The second-order valence-electron chi connectivity index (χ2n) is 7.62. The Balaban J connectivity index is 1.50. The Labute approximate surface area is 173 Å². The number of aliphatic hydroxyl groups is 1. The highest BCUT2D eigenvalue weighted by Gasteiger charge is 2.19. The van der Waals surface area contributed by atoms with Gasteiger partial charge in [-0.1, -0.05) is 6.07 Å². The zero-order valence-electron chi connectivity index (χ0n) is 17.1. The molecule has 1 atom stereocenters. The fourth-order valence-electron chi connectivity index (χ4n) is 3.79. The van der Waals surface area contributed by atoms with E-state index in [-0.39, 0.29) is 6.61 Å². The van der Waals surface area contributed by atoms with E-state index in [4.69, 9.17) is 14.2 Å². The van der Waals surface area contributed by atoms with Crippen molar-refractivity contribution in [3.8, 4) is 11.5 Å². The molecule has 0 saturated carbocycles. The van der Waals surface area contributed by atoms with Crippen molar-refractivity contribution in [2.45, 2.75) is 31.5 Å². The van der Waals surface area contributed by atoms with Gasteiger partial charge in [0, 0.05) is 56.9 Å². The topological polar surface area (TPSA) is 54.4 Å². The molecule has 1 unspecified atom stereocenters. The summed E-state index contributed by atoms with van der Waals surface area (Å²) >= 11 is 1.97. The maximum atomic E-state index is 10.3. The van der Waals surface area contributed by atoms with Crippen LogP contribution in [0.5, 0.6) is 11.5 Å². The van der Waals surface area contributed by atoms with Crippen LogP contribution in [0.15, 0.2) is 18.2 Å². The van der Waals surface area contributed by atoms with Crippen molar-refractivity contribution in [1.29, 1.82) is 0 Å². The van der Waals surface area contributed by atoms with E-state index in [2.05, 4.69) is 22.9 Å². The van der Waals surface area contributed by atoms with Crippen molar-refractivity contribution in [3.63, 3.8) is 0 Å². The van der Waals surface area contributed by atoms with Crippen LogP contribution in [0.25, 0.3) is 0 Å². The molecule has 1 aromatic carbocycles. The third-order valence-electron chi connectivity index (χ3n) is 5.48. The average Bonchev–Trinajstić information content (AvgIpc) is 2.74. The van der Waals surface area contributed by atoms with Gasteiger partial charge < -0.3 is 19.3 Å². The van der Waals surface area contributed by atoms with Crippen molar-refractivity contribution >= 4 is 11.8 Å². The van der Waals surface area contributed by atoms with E-state index in [1.165, 1.54) is 5.56 Å². The van der Waals surface area contributed by atoms with Crippen LogP contribution in [0.3, 0.4) is 0 Å². The molecule has 2 aliphatic heterocycles. The zero-order valence-corrected chi connectivity index (χ0v) is 18.0. The molecule has 28 heavy (non-hydrogen) atoms. The van der Waals surface area contributed by atoms with Crippen LogP contribution < -0.4 is 9.47 Å². The molecule has 158 valence electrons. The molecule has 6 nitrogen and oxygen atoms in total. The summed E-state index contributed by atoms with van der Waals surface area (Å²) in [7, 11) is 3.83. The average molecular weight is 411 g/mol. The molecule has 2 saturated heterocycles. The lowest BCUT2D eigenvalue weighted by molar-refractivity contribution is 0.0406. The smallest absolute Gasteiger partial charge is 0.161 e. The first-order chi connectivity index (χ1) is 13.7. The number of thioether (sulfide) groups is 1. The zero-order chi connectivity index (χ0) is 19.8. The number of hydrogen-bond donors (Lipinski definition) is 1. The molecule has 0 aliphatic carbocycles. The lowest BCUT2D eigenvalue weighted by Crippen LogP contribution is -2.40. The highest BCUT2D eigenvalue weighted by molar-refractivity contribution is 7.99. The van der Waals surface area contributed by atoms with Gasteiger partial charge in [-0.2, -0.15) is 11.8 Å². The number of ether oxygens (including phenoxy) is 3. The molecule has 0 amide bonds. The number of β-amino-alcohol motifs (C(OH)–C–C–N with tert-alkyl or cyclic N) is 1. The predicted octanol–water partition coefficient (Wildman–Crippen LogP) is 2.09. The molecule has 1 aromatic rings. The Bertz CT molecular complexity index is 592. The van der Waals surface area contributed by atoms with Gasteiger partial charge in [-0.3, -0.25) is 9.80 Å². The third-order valence-corrected chi connectivity index (χ3v) is 6.42. The van der Waals surface area contributed by atoms with E-state index in [0.717, 1.165) is 62.9 Å². The van der Waals surface area contributed by atoms with Gasteiger partial charge in [0.05, 0.1) is 7.11 Å². The molecule has 2 fully saturated rings. The summed E-state index contributed by atoms with van der Waals surface area (Å²) in [4.78, 5) is 4.69. The minimum atomic E-state index is -0.493. The van der Waals surface area contributed by atoms with Crippen LogP contribution >= 0.6 is 11.8 Å². The van der Waals surface area contributed by atoms with Crippen molar-refractivity contribution in [2.75, 3.05) is 65.1 Å². The van der Waals surface area contributed by atoms with Gasteiger partial charge >= 0.3 is 0 Å². The monoisotopic (exact) mass is 410 g/mol. The van der Waals surface area contributed by atoms with Gasteiger partial charge in [-0.05, 0) is 37.6 Å². The SMILES string of the molecule is COc1cc(CN(C)C2CCOCC2)ccc1OCC(O)CN1CCSCC1. The van der Waals surface area contributed by atoms with Crippen LogP contribution in [0.2, 0.25) is 0 Å². The van der Waals surface area contributed by atoms with Crippen LogP contribution in [0, 0.1) is 0 Å². The van der Waals surface area contributed by atoms with Crippen LogP contribution in [0.1, 0.15) is 18.4 Å². The minimum absolute atomic E-state index is 0.279. The highest BCUT2D eigenvalue weighted by atomic mass is 32.2. The maximum Gasteiger partial charge on any atom is 0.161 e. The van der Waals surface area contributed by atoms with Crippen molar-refractivity contribution in [3.05, 3.63) is 23.8 Å². The summed E-state index contributed by atoms with van der Waals surface area (Å²) < 4.78 is 16.9. The second kappa shape index (κ2) is 11.3. The van der Waals surface area contributed by atoms with Gasteiger partial charge in [0.15, 0.2) is 11.5 Å². The molecule has 7 heteroatoms. The summed E-state index contributed by atoms with van der Waals surface area (Å²) in [6.45, 7) is 5.60. The maximum absolute atomic E-state index is 10.3. The summed E-state index contributed by atoms with van der Waals surface area (Å²) in [6.07, 6.45) is 1.68. The fraction of sp³-hybridized carbons (Fsp3) is 0.714. The Morgan fingerprint density at radius 1 is 1.25 bits per heavy atom. The first kappa shape index (κ1) is 21.7. The number of nitrogens with zero attached hydrogens (tertiary/aromatic N) is 2. The van der Waals surface area contributed by atoms with E-state index >= 15 is 0 Å². The Kier molecular flexibility index (Phi) is 8.73. The van der Waals surface area contributed by atoms with E-state index in [1.807, 2.05) is 23.9 Å². The number of methoxy groups -OCH3 is 1. The van der Waals surface area contributed by atoms with Crippen molar-refractivity contribution in [2.24, 2.45) is 0 Å². The highest BCUT2D eigenvalue weighted by Crippen LogP contribution is 2.29.